The molecule has 2 rings (SSSR count). The first-order valence-electron chi connectivity index (χ1n) is 8.43. The molecule has 1 unspecified atom stereocenters. The number of carboxylic acids is 1. The highest BCUT2D eigenvalue weighted by molar-refractivity contribution is 5.87. The molecular weight excluding hydrogens is 335 g/mol. The average Bonchev–Trinajstić information content (AvgIpc) is 2.58. The standard InChI is InChI=1S/C18H22F3NO3/c19-18(20,21)17(25)22(12-14-9-5-2-6-10-14)15(16(23)24)11-13-7-3-1-4-8-13/h2,5-6,9-10,13,15H,1,3-4,7-8,11-12H2,(H,23,24). The molecule has 0 radical (unpaired) electrons. The van der Waals surface area contributed by atoms with Crippen LogP contribution in [0.5, 0.6) is 0 Å². The highest BCUT2D eigenvalue weighted by Crippen LogP contribution is 2.31. The van der Waals surface area contributed by atoms with Crippen LogP contribution in [0.4, 0.5) is 13.2 Å². The molecule has 0 aliphatic heterocycles. The second-order valence-electron chi connectivity index (χ2n) is 6.51. The number of nitrogens with zero attached hydrogens (tertiary/aromatic N) is 1. The Bertz CT molecular complexity index is 583. The molecule has 0 saturated heterocycles. The first-order chi connectivity index (χ1) is 11.8. The first kappa shape index (κ1) is 19.3. The van der Waals surface area contributed by atoms with Gasteiger partial charge in [-0.1, -0.05) is 62.4 Å². The maximum Gasteiger partial charge on any atom is 0.471 e. The van der Waals surface area contributed by atoms with E-state index >= 15 is 0 Å². The quantitative estimate of drug-likeness (QED) is 0.837. The Labute approximate surface area is 144 Å². The number of carbonyl (C=O) groups is 2. The number of hydrogen-bond acceptors (Lipinski definition) is 2. The highest BCUT2D eigenvalue weighted by atomic mass is 19.4. The smallest absolute Gasteiger partial charge is 0.471 e. The van der Waals surface area contributed by atoms with Crippen LogP contribution in [0.2, 0.25) is 0 Å². The van der Waals surface area contributed by atoms with Crippen LogP contribution in [0.3, 0.4) is 0 Å². The largest absolute Gasteiger partial charge is 0.480 e. The van der Waals surface area contributed by atoms with Crippen molar-refractivity contribution in [2.45, 2.75) is 57.3 Å². The van der Waals surface area contributed by atoms with Gasteiger partial charge in [-0.3, -0.25) is 4.79 Å². The van der Waals surface area contributed by atoms with Gasteiger partial charge in [0.2, 0.25) is 0 Å². The summed E-state index contributed by atoms with van der Waals surface area (Å²) in [4.78, 5) is 24.0. The highest BCUT2D eigenvalue weighted by Gasteiger charge is 2.46. The lowest BCUT2D eigenvalue weighted by molar-refractivity contribution is -0.191. The van der Waals surface area contributed by atoms with Gasteiger partial charge in [0.25, 0.3) is 0 Å². The third-order valence-corrected chi connectivity index (χ3v) is 4.64. The van der Waals surface area contributed by atoms with Gasteiger partial charge in [0.15, 0.2) is 0 Å². The van der Waals surface area contributed by atoms with E-state index in [1.54, 1.807) is 30.3 Å². The van der Waals surface area contributed by atoms with Crippen LogP contribution in [0.1, 0.15) is 44.1 Å². The van der Waals surface area contributed by atoms with E-state index in [9.17, 15) is 27.9 Å². The van der Waals surface area contributed by atoms with Crippen molar-refractivity contribution in [2.75, 3.05) is 0 Å². The molecule has 0 heterocycles. The predicted molar refractivity (Wildman–Crippen MR) is 85.7 cm³/mol. The Kier molecular flexibility index (Phi) is 6.45. The first-order valence-corrected chi connectivity index (χ1v) is 8.43. The molecule has 0 spiro atoms. The molecule has 1 aliphatic rings. The zero-order chi connectivity index (χ0) is 18.4. The lowest BCUT2D eigenvalue weighted by atomic mass is 9.84. The van der Waals surface area contributed by atoms with E-state index in [-0.39, 0.29) is 18.9 Å². The van der Waals surface area contributed by atoms with Crippen LogP contribution in [0, 0.1) is 5.92 Å². The molecule has 1 amide bonds. The zero-order valence-corrected chi connectivity index (χ0v) is 13.8. The zero-order valence-electron chi connectivity index (χ0n) is 13.8. The number of halogens is 3. The number of benzene rings is 1. The number of carboxylic acid groups (broad SMARTS) is 1. The summed E-state index contributed by atoms with van der Waals surface area (Å²) < 4.78 is 39.1. The number of rotatable bonds is 6. The summed E-state index contributed by atoms with van der Waals surface area (Å²) in [6, 6.07) is 6.67. The topological polar surface area (TPSA) is 57.6 Å². The SMILES string of the molecule is O=C(O)C(CC1CCCCC1)N(Cc1ccccc1)C(=O)C(F)(F)F. The van der Waals surface area contributed by atoms with Gasteiger partial charge in [-0.25, -0.2) is 4.79 Å². The number of carbonyl (C=O) groups excluding carboxylic acids is 1. The van der Waals surface area contributed by atoms with Gasteiger partial charge in [-0.15, -0.1) is 0 Å². The molecule has 4 nitrogen and oxygen atoms in total. The van der Waals surface area contributed by atoms with Crippen LogP contribution < -0.4 is 0 Å². The molecule has 1 saturated carbocycles. The summed E-state index contributed by atoms with van der Waals surface area (Å²) in [7, 11) is 0. The van der Waals surface area contributed by atoms with Crippen molar-refractivity contribution < 1.29 is 27.9 Å². The van der Waals surface area contributed by atoms with E-state index in [1.165, 1.54) is 0 Å². The number of aliphatic carboxylic acids is 1. The minimum atomic E-state index is -5.10. The molecule has 1 fully saturated rings. The van der Waals surface area contributed by atoms with Crippen molar-refractivity contribution in [2.24, 2.45) is 5.92 Å². The molecule has 1 aliphatic carbocycles. The van der Waals surface area contributed by atoms with E-state index in [2.05, 4.69) is 0 Å². The monoisotopic (exact) mass is 357 g/mol. The molecule has 1 aromatic carbocycles. The minimum Gasteiger partial charge on any atom is -0.480 e. The van der Waals surface area contributed by atoms with Crippen LogP contribution in [-0.2, 0) is 16.1 Å². The normalized spacial score (nSPS) is 17.1. The molecule has 1 atom stereocenters. The van der Waals surface area contributed by atoms with Crippen LogP contribution in [0.15, 0.2) is 30.3 Å². The fourth-order valence-electron chi connectivity index (χ4n) is 3.37. The van der Waals surface area contributed by atoms with Gasteiger partial charge in [-0.05, 0) is 17.9 Å². The molecule has 7 heteroatoms. The third kappa shape index (κ3) is 5.47. The Morgan fingerprint density at radius 3 is 2.24 bits per heavy atom. The lowest BCUT2D eigenvalue weighted by Crippen LogP contribution is -2.50. The van der Waals surface area contributed by atoms with E-state index in [0.717, 1.165) is 32.1 Å². The van der Waals surface area contributed by atoms with Gasteiger partial charge < -0.3 is 10.0 Å². The van der Waals surface area contributed by atoms with Crippen LogP contribution in [-0.4, -0.2) is 34.1 Å². The molecule has 138 valence electrons. The van der Waals surface area contributed by atoms with Gasteiger partial charge in [0.05, 0.1) is 0 Å². The molecule has 0 aromatic heterocycles. The predicted octanol–water partition coefficient (Wildman–Crippen LogP) is 4.00. The lowest BCUT2D eigenvalue weighted by Gasteiger charge is -2.33. The van der Waals surface area contributed by atoms with Gasteiger partial charge in [-0.2, -0.15) is 13.2 Å². The maximum absolute atomic E-state index is 13.0. The maximum atomic E-state index is 13.0. The fourth-order valence-corrected chi connectivity index (χ4v) is 3.37. The summed E-state index contributed by atoms with van der Waals surface area (Å²) in [5.74, 6) is -3.45. The number of amides is 1. The van der Waals surface area contributed by atoms with Crippen molar-refractivity contribution in [3.05, 3.63) is 35.9 Å². The molecule has 1 aromatic rings. The third-order valence-electron chi connectivity index (χ3n) is 4.64. The Balaban J connectivity index is 2.25. The molecule has 0 bridgehead atoms. The van der Waals surface area contributed by atoms with Crippen molar-refractivity contribution in [3.63, 3.8) is 0 Å². The fraction of sp³-hybridized carbons (Fsp3) is 0.556. The average molecular weight is 357 g/mol. The molecular formula is C18H22F3NO3. The second-order valence-corrected chi connectivity index (χ2v) is 6.51. The van der Waals surface area contributed by atoms with Crippen molar-refractivity contribution in [1.29, 1.82) is 0 Å². The van der Waals surface area contributed by atoms with Crippen molar-refractivity contribution in [3.8, 4) is 0 Å². The van der Waals surface area contributed by atoms with E-state index in [0.29, 0.717) is 10.5 Å². The van der Waals surface area contributed by atoms with E-state index < -0.39 is 24.1 Å². The Hall–Kier alpha value is -2.05. The van der Waals surface area contributed by atoms with Crippen LogP contribution in [0.25, 0.3) is 0 Å². The Morgan fingerprint density at radius 2 is 1.72 bits per heavy atom. The van der Waals surface area contributed by atoms with E-state index in [4.69, 9.17) is 0 Å². The van der Waals surface area contributed by atoms with Gasteiger partial charge >= 0.3 is 18.1 Å². The molecule has 1 N–H and O–H groups in total. The van der Waals surface area contributed by atoms with Crippen LogP contribution >= 0.6 is 0 Å². The van der Waals surface area contributed by atoms with Gasteiger partial charge in [0.1, 0.15) is 6.04 Å². The van der Waals surface area contributed by atoms with Gasteiger partial charge in [0, 0.05) is 6.54 Å². The summed E-state index contributed by atoms with van der Waals surface area (Å²) in [5, 5.41) is 9.51. The van der Waals surface area contributed by atoms with E-state index in [1.807, 2.05) is 0 Å². The summed E-state index contributed by atoms with van der Waals surface area (Å²) >= 11 is 0. The summed E-state index contributed by atoms with van der Waals surface area (Å²) in [5.41, 5.74) is 0.468. The van der Waals surface area contributed by atoms with Crippen molar-refractivity contribution >= 4 is 11.9 Å². The summed E-state index contributed by atoms with van der Waals surface area (Å²) in [6.45, 7) is -0.372. The van der Waals surface area contributed by atoms with Crippen molar-refractivity contribution in [1.82, 2.24) is 4.90 Å². The summed E-state index contributed by atoms with van der Waals surface area (Å²) in [6.07, 6.45) is -0.499. The number of hydrogen-bond donors (Lipinski definition) is 1. The second kappa shape index (κ2) is 8.36. The minimum absolute atomic E-state index is 0.0363. The Morgan fingerprint density at radius 1 is 1.12 bits per heavy atom. The molecule has 25 heavy (non-hydrogen) atoms. The number of alkyl halides is 3.